The fourth-order valence-corrected chi connectivity index (χ4v) is 3.80. The first kappa shape index (κ1) is 23.2. The molecule has 2 fully saturated rings. The monoisotopic (exact) mass is 425 g/mol. The first-order valence-electron chi connectivity index (χ1n) is 9.60. The summed E-state index contributed by atoms with van der Waals surface area (Å²) in [4.78, 5) is 48.8. The fourth-order valence-electron chi connectivity index (χ4n) is 3.80. The Hall–Kier alpha value is -3.04. The summed E-state index contributed by atoms with van der Waals surface area (Å²) >= 11 is 0. The van der Waals surface area contributed by atoms with E-state index >= 15 is 0 Å². The van der Waals surface area contributed by atoms with Crippen LogP contribution in [0.25, 0.3) is 0 Å². The van der Waals surface area contributed by atoms with Crippen molar-refractivity contribution in [2.24, 2.45) is 17.8 Å². The molecule has 2 saturated carbocycles. The summed E-state index contributed by atoms with van der Waals surface area (Å²) in [5.74, 6) is -2.51. The molecular formula is C20H27NO9. The van der Waals surface area contributed by atoms with Crippen LogP contribution in [-0.2, 0) is 33.3 Å². The SMILES string of the molecule is C=CCOC(=O)N[C@@]1(C(=O)OCOC(=O)OC(C)C)CC[C@H]2[C@H](C(=O)OCC=C)[C@H]21. The second-order valence-corrected chi connectivity index (χ2v) is 7.27. The third kappa shape index (κ3) is 5.31. The minimum absolute atomic E-state index is 0.0484. The molecule has 30 heavy (non-hydrogen) atoms. The molecule has 2 rings (SSSR count). The Morgan fingerprint density at radius 3 is 2.37 bits per heavy atom. The number of fused-ring (bicyclic) bond motifs is 1. The molecule has 166 valence electrons. The third-order valence-electron chi connectivity index (χ3n) is 4.95. The van der Waals surface area contributed by atoms with Gasteiger partial charge in [-0.05, 0) is 32.6 Å². The van der Waals surface area contributed by atoms with Crippen molar-refractivity contribution in [3.63, 3.8) is 0 Å². The zero-order chi connectivity index (χ0) is 22.3. The number of nitrogens with one attached hydrogen (secondary N) is 1. The molecule has 4 atom stereocenters. The van der Waals surface area contributed by atoms with E-state index in [-0.39, 0.29) is 25.6 Å². The second-order valence-electron chi connectivity index (χ2n) is 7.27. The van der Waals surface area contributed by atoms with Crippen molar-refractivity contribution in [2.45, 2.75) is 38.3 Å². The molecule has 10 nitrogen and oxygen atoms in total. The summed E-state index contributed by atoms with van der Waals surface area (Å²) in [6, 6.07) is 0. The molecule has 1 amide bonds. The van der Waals surface area contributed by atoms with Crippen molar-refractivity contribution in [1.82, 2.24) is 5.32 Å². The van der Waals surface area contributed by atoms with E-state index in [0.29, 0.717) is 6.42 Å². The molecule has 0 spiro atoms. The lowest BCUT2D eigenvalue weighted by Gasteiger charge is -2.30. The predicted molar refractivity (Wildman–Crippen MR) is 102 cm³/mol. The number of esters is 2. The standard InChI is InChI=1S/C20H27NO9/c1-5-9-26-16(22)14-13-7-8-20(15(13)14,21-18(24)27-10-6-2)17(23)28-11-29-19(25)30-12(3)4/h5-6,12-15H,1-2,7-11H2,3-4H3,(H,21,24)/t13-,14-,15-,20-/m0/s1. The van der Waals surface area contributed by atoms with Crippen LogP contribution in [0, 0.1) is 17.8 Å². The van der Waals surface area contributed by atoms with E-state index in [1.54, 1.807) is 13.8 Å². The molecule has 0 radical (unpaired) electrons. The number of ether oxygens (including phenoxy) is 5. The lowest BCUT2D eigenvalue weighted by atomic mass is 9.90. The number of amides is 1. The molecule has 0 aromatic carbocycles. The summed E-state index contributed by atoms with van der Waals surface area (Å²) in [6.07, 6.45) is 1.33. The van der Waals surface area contributed by atoms with Gasteiger partial charge in [-0.15, -0.1) is 0 Å². The minimum atomic E-state index is -1.49. The average Bonchev–Trinajstić information content (AvgIpc) is 3.31. The van der Waals surface area contributed by atoms with E-state index in [4.69, 9.17) is 23.7 Å². The number of carbonyl (C=O) groups excluding carboxylic acids is 4. The lowest BCUT2D eigenvalue weighted by molar-refractivity contribution is -0.163. The third-order valence-corrected chi connectivity index (χ3v) is 4.95. The Morgan fingerprint density at radius 2 is 1.73 bits per heavy atom. The van der Waals surface area contributed by atoms with Gasteiger partial charge in [-0.3, -0.25) is 4.79 Å². The molecule has 0 heterocycles. The molecule has 1 N–H and O–H groups in total. The molecule has 2 aliphatic carbocycles. The van der Waals surface area contributed by atoms with Crippen LogP contribution >= 0.6 is 0 Å². The van der Waals surface area contributed by atoms with Crippen LogP contribution in [0.5, 0.6) is 0 Å². The quantitative estimate of drug-likeness (QED) is 0.242. The van der Waals surface area contributed by atoms with E-state index < -0.39 is 54.5 Å². The van der Waals surface area contributed by atoms with E-state index in [2.05, 4.69) is 18.5 Å². The summed E-state index contributed by atoms with van der Waals surface area (Å²) in [5.41, 5.74) is -1.49. The molecule has 2 aliphatic rings. The summed E-state index contributed by atoms with van der Waals surface area (Å²) in [5, 5.41) is 2.55. The lowest BCUT2D eigenvalue weighted by Crippen LogP contribution is -2.57. The van der Waals surface area contributed by atoms with Gasteiger partial charge in [0, 0.05) is 5.92 Å². The highest BCUT2D eigenvalue weighted by Crippen LogP contribution is 2.63. The smallest absolute Gasteiger partial charge is 0.461 e. The van der Waals surface area contributed by atoms with Gasteiger partial charge in [0.2, 0.25) is 6.79 Å². The van der Waals surface area contributed by atoms with Crippen LogP contribution < -0.4 is 5.32 Å². The highest BCUT2D eigenvalue weighted by molar-refractivity contribution is 5.90. The van der Waals surface area contributed by atoms with Crippen molar-refractivity contribution in [2.75, 3.05) is 20.0 Å². The molecule has 0 aromatic rings. The van der Waals surface area contributed by atoms with Crippen molar-refractivity contribution >= 4 is 24.2 Å². The zero-order valence-corrected chi connectivity index (χ0v) is 17.1. The van der Waals surface area contributed by atoms with Crippen molar-refractivity contribution in [3.05, 3.63) is 25.3 Å². The van der Waals surface area contributed by atoms with Crippen LogP contribution in [0.2, 0.25) is 0 Å². The van der Waals surface area contributed by atoms with Gasteiger partial charge in [-0.1, -0.05) is 25.3 Å². The predicted octanol–water partition coefficient (Wildman–Crippen LogP) is 2.08. The van der Waals surface area contributed by atoms with Gasteiger partial charge < -0.3 is 29.0 Å². The Labute approximate surface area is 174 Å². The average molecular weight is 425 g/mol. The zero-order valence-electron chi connectivity index (χ0n) is 17.1. The summed E-state index contributed by atoms with van der Waals surface area (Å²) in [6.45, 7) is 9.52. The maximum Gasteiger partial charge on any atom is 0.511 e. The number of hydrogen-bond donors (Lipinski definition) is 1. The fraction of sp³-hybridized carbons (Fsp3) is 0.600. The van der Waals surface area contributed by atoms with Gasteiger partial charge in [0.15, 0.2) is 0 Å². The van der Waals surface area contributed by atoms with Gasteiger partial charge in [-0.2, -0.15) is 0 Å². The number of hydrogen-bond acceptors (Lipinski definition) is 9. The highest BCUT2D eigenvalue weighted by atomic mass is 16.8. The van der Waals surface area contributed by atoms with Crippen LogP contribution in [0.3, 0.4) is 0 Å². The maximum atomic E-state index is 12.9. The topological polar surface area (TPSA) is 126 Å². The Kier molecular flexibility index (Phi) is 7.85. The first-order chi connectivity index (χ1) is 14.3. The molecule has 10 heteroatoms. The van der Waals surface area contributed by atoms with Gasteiger partial charge in [0.25, 0.3) is 0 Å². The number of alkyl carbamates (subject to hydrolysis) is 1. The minimum Gasteiger partial charge on any atom is -0.461 e. The molecule has 0 bridgehead atoms. The highest BCUT2D eigenvalue weighted by Gasteiger charge is 2.72. The maximum absolute atomic E-state index is 12.9. The van der Waals surface area contributed by atoms with Gasteiger partial charge >= 0.3 is 24.2 Å². The van der Waals surface area contributed by atoms with Crippen LogP contribution in [0.4, 0.5) is 9.59 Å². The first-order valence-corrected chi connectivity index (χ1v) is 9.60. The number of carbonyl (C=O) groups is 4. The Balaban J connectivity index is 2.07. The van der Waals surface area contributed by atoms with Crippen LogP contribution in [-0.4, -0.2) is 55.8 Å². The summed E-state index contributed by atoms with van der Waals surface area (Å²) < 4.78 is 24.6. The van der Waals surface area contributed by atoms with Crippen molar-refractivity contribution in [3.8, 4) is 0 Å². The molecular weight excluding hydrogens is 398 g/mol. The largest absolute Gasteiger partial charge is 0.511 e. The van der Waals surface area contributed by atoms with E-state index in [1.807, 2.05) is 0 Å². The van der Waals surface area contributed by atoms with Crippen molar-refractivity contribution in [1.29, 1.82) is 0 Å². The van der Waals surface area contributed by atoms with Gasteiger partial charge in [0.05, 0.1) is 12.0 Å². The van der Waals surface area contributed by atoms with Gasteiger partial charge in [-0.25, -0.2) is 14.4 Å². The molecule has 0 aromatic heterocycles. The molecule has 0 saturated heterocycles. The van der Waals surface area contributed by atoms with Gasteiger partial charge in [0.1, 0.15) is 18.8 Å². The normalized spacial score (nSPS) is 26.0. The van der Waals surface area contributed by atoms with E-state index in [1.165, 1.54) is 12.2 Å². The van der Waals surface area contributed by atoms with E-state index in [0.717, 1.165) is 0 Å². The second kappa shape index (κ2) is 10.1. The Morgan fingerprint density at radius 1 is 1.07 bits per heavy atom. The van der Waals surface area contributed by atoms with E-state index in [9.17, 15) is 19.2 Å². The van der Waals surface area contributed by atoms with Crippen molar-refractivity contribution < 1.29 is 42.9 Å². The van der Waals surface area contributed by atoms with Crippen LogP contribution in [0.15, 0.2) is 25.3 Å². The van der Waals surface area contributed by atoms with Crippen LogP contribution in [0.1, 0.15) is 26.7 Å². The molecule has 0 unspecified atom stereocenters. The Bertz CT molecular complexity index is 704. The number of rotatable bonds is 10. The molecule has 0 aliphatic heterocycles. The summed E-state index contributed by atoms with van der Waals surface area (Å²) in [7, 11) is 0.